The molecule has 2 heterocycles. The summed E-state index contributed by atoms with van der Waals surface area (Å²) in [5.41, 5.74) is 0. The summed E-state index contributed by atoms with van der Waals surface area (Å²) < 4.78 is 1.64. The standard InChI is InChI=1S/C14H23N7/c1-5-11(3)10-20(4)13-17-12(15-6-2)18-14(19-13)21-9-7-8-16-21/h7-9,11H,5-6,10H2,1-4H3,(H,15,17,18,19). The van der Waals surface area contributed by atoms with Gasteiger partial charge in [-0.1, -0.05) is 20.3 Å². The van der Waals surface area contributed by atoms with Crippen LogP contribution in [-0.4, -0.2) is 44.9 Å². The molecule has 0 saturated carbocycles. The van der Waals surface area contributed by atoms with Crippen molar-refractivity contribution in [2.45, 2.75) is 27.2 Å². The summed E-state index contributed by atoms with van der Waals surface area (Å²) in [4.78, 5) is 15.4. The lowest BCUT2D eigenvalue weighted by Crippen LogP contribution is -2.26. The molecule has 1 unspecified atom stereocenters. The molecule has 21 heavy (non-hydrogen) atoms. The van der Waals surface area contributed by atoms with Crippen molar-refractivity contribution >= 4 is 11.9 Å². The maximum absolute atomic E-state index is 4.51. The zero-order valence-corrected chi connectivity index (χ0v) is 13.1. The number of anilines is 2. The first-order chi connectivity index (χ1) is 10.1. The van der Waals surface area contributed by atoms with Gasteiger partial charge in [-0.15, -0.1) is 0 Å². The van der Waals surface area contributed by atoms with Gasteiger partial charge < -0.3 is 10.2 Å². The Kier molecular flexibility index (Phi) is 5.08. The van der Waals surface area contributed by atoms with Gasteiger partial charge in [-0.05, 0) is 18.9 Å². The average molecular weight is 289 g/mol. The molecule has 7 heteroatoms. The molecule has 0 aliphatic heterocycles. The highest BCUT2D eigenvalue weighted by Crippen LogP contribution is 2.14. The number of aromatic nitrogens is 5. The van der Waals surface area contributed by atoms with Gasteiger partial charge in [0.05, 0.1) is 0 Å². The molecule has 0 aliphatic carbocycles. The Morgan fingerprint density at radius 1 is 1.29 bits per heavy atom. The lowest BCUT2D eigenvalue weighted by atomic mass is 10.1. The van der Waals surface area contributed by atoms with Crippen LogP contribution in [0.3, 0.4) is 0 Å². The van der Waals surface area contributed by atoms with E-state index in [2.05, 4.69) is 44.1 Å². The second kappa shape index (κ2) is 7.01. The molecule has 0 radical (unpaired) electrons. The number of rotatable bonds is 7. The Balaban J connectivity index is 2.31. The second-order valence-electron chi connectivity index (χ2n) is 5.13. The molecule has 0 aliphatic rings. The third kappa shape index (κ3) is 3.90. The first-order valence-corrected chi connectivity index (χ1v) is 7.35. The summed E-state index contributed by atoms with van der Waals surface area (Å²) >= 11 is 0. The molecule has 2 aromatic rings. The van der Waals surface area contributed by atoms with E-state index in [4.69, 9.17) is 0 Å². The van der Waals surface area contributed by atoms with E-state index in [1.165, 1.54) is 0 Å². The number of nitrogens with zero attached hydrogens (tertiary/aromatic N) is 6. The Hall–Kier alpha value is -2.18. The predicted molar refractivity (Wildman–Crippen MR) is 83.8 cm³/mol. The minimum absolute atomic E-state index is 0.525. The lowest BCUT2D eigenvalue weighted by Gasteiger charge is -2.21. The fourth-order valence-corrected chi connectivity index (χ4v) is 1.93. The molecule has 2 rings (SSSR count). The minimum Gasteiger partial charge on any atom is -0.354 e. The van der Waals surface area contributed by atoms with E-state index in [1.54, 1.807) is 10.9 Å². The Morgan fingerprint density at radius 3 is 2.71 bits per heavy atom. The zero-order valence-electron chi connectivity index (χ0n) is 13.1. The zero-order chi connectivity index (χ0) is 15.2. The van der Waals surface area contributed by atoms with Gasteiger partial charge in [0.1, 0.15) is 0 Å². The van der Waals surface area contributed by atoms with Gasteiger partial charge in [0.25, 0.3) is 5.95 Å². The summed E-state index contributed by atoms with van der Waals surface area (Å²) in [5.74, 6) is 2.34. The van der Waals surface area contributed by atoms with Crippen LogP contribution in [0.2, 0.25) is 0 Å². The highest BCUT2D eigenvalue weighted by atomic mass is 15.4. The van der Waals surface area contributed by atoms with Gasteiger partial charge in [-0.25, -0.2) is 4.68 Å². The van der Waals surface area contributed by atoms with Gasteiger partial charge in [-0.2, -0.15) is 20.1 Å². The van der Waals surface area contributed by atoms with E-state index in [0.717, 1.165) is 19.5 Å². The summed E-state index contributed by atoms with van der Waals surface area (Å²) in [6, 6.07) is 1.85. The van der Waals surface area contributed by atoms with Gasteiger partial charge in [0.15, 0.2) is 0 Å². The largest absolute Gasteiger partial charge is 0.354 e. The van der Waals surface area contributed by atoms with E-state index in [-0.39, 0.29) is 0 Å². The van der Waals surface area contributed by atoms with Crippen molar-refractivity contribution < 1.29 is 0 Å². The van der Waals surface area contributed by atoms with Crippen LogP contribution < -0.4 is 10.2 Å². The molecular formula is C14H23N7. The molecule has 0 fully saturated rings. The van der Waals surface area contributed by atoms with Crippen LogP contribution in [0, 0.1) is 5.92 Å². The van der Waals surface area contributed by atoms with Crippen LogP contribution in [0.25, 0.3) is 5.95 Å². The van der Waals surface area contributed by atoms with Crippen LogP contribution in [0.4, 0.5) is 11.9 Å². The van der Waals surface area contributed by atoms with Gasteiger partial charge >= 0.3 is 0 Å². The first kappa shape index (κ1) is 15.2. The summed E-state index contributed by atoms with van der Waals surface area (Å²) in [6.45, 7) is 8.09. The molecular weight excluding hydrogens is 266 g/mol. The lowest BCUT2D eigenvalue weighted by molar-refractivity contribution is 0.554. The normalized spacial score (nSPS) is 12.2. The summed E-state index contributed by atoms with van der Waals surface area (Å²) in [6.07, 6.45) is 4.66. The molecule has 7 nitrogen and oxygen atoms in total. The van der Waals surface area contributed by atoms with E-state index in [9.17, 15) is 0 Å². The highest BCUT2D eigenvalue weighted by molar-refractivity contribution is 5.39. The maximum Gasteiger partial charge on any atom is 0.257 e. The SMILES string of the molecule is CCNc1nc(N(C)CC(C)CC)nc(-n2cccn2)n1. The Morgan fingerprint density at radius 2 is 2.10 bits per heavy atom. The fourth-order valence-electron chi connectivity index (χ4n) is 1.93. The average Bonchev–Trinajstić information content (AvgIpc) is 3.01. The molecule has 0 saturated heterocycles. The fraction of sp³-hybridized carbons (Fsp3) is 0.571. The quantitative estimate of drug-likeness (QED) is 0.840. The molecule has 0 amide bonds. The van der Waals surface area contributed by atoms with Crippen molar-refractivity contribution in [3.05, 3.63) is 18.5 Å². The minimum atomic E-state index is 0.525. The third-order valence-corrected chi connectivity index (χ3v) is 3.28. The predicted octanol–water partition coefficient (Wildman–Crippen LogP) is 1.97. The smallest absolute Gasteiger partial charge is 0.257 e. The van der Waals surface area contributed by atoms with Gasteiger partial charge in [-0.3, -0.25) is 0 Å². The van der Waals surface area contributed by atoms with Crippen LogP contribution in [0.1, 0.15) is 27.2 Å². The molecule has 114 valence electrons. The molecule has 0 aromatic carbocycles. The highest BCUT2D eigenvalue weighted by Gasteiger charge is 2.13. The van der Waals surface area contributed by atoms with Crippen molar-refractivity contribution in [2.24, 2.45) is 5.92 Å². The van der Waals surface area contributed by atoms with Gasteiger partial charge in [0.2, 0.25) is 11.9 Å². The molecule has 1 N–H and O–H groups in total. The molecule has 1 atom stereocenters. The third-order valence-electron chi connectivity index (χ3n) is 3.28. The monoisotopic (exact) mass is 289 g/mol. The van der Waals surface area contributed by atoms with E-state index < -0.39 is 0 Å². The summed E-state index contributed by atoms with van der Waals surface area (Å²) in [5, 5.41) is 7.33. The van der Waals surface area contributed by atoms with Crippen molar-refractivity contribution in [2.75, 3.05) is 30.4 Å². The number of nitrogens with one attached hydrogen (secondary N) is 1. The van der Waals surface area contributed by atoms with E-state index in [0.29, 0.717) is 23.8 Å². The molecule has 0 bridgehead atoms. The van der Waals surface area contributed by atoms with Crippen molar-refractivity contribution in [3.8, 4) is 5.95 Å². The van der Waals surface area contributed by atoms with Crippen LogP contribution in [0.5, 0.6) is 0 Å². The van der Waals surface area contributed by atoms with Crippen LogP contribution >= 0.6 is 0 Å². The topological polar surface area (TPSA) is 71.8 Å². The van der Waals surface area contributed by atoms with Crippen molar-refractivity contribution in [1.29, 1.82) is 0 Å². The van der Waals surface area contributed by atoms with Crippen molar-refractivity contribution in [1.82, 2.24) is 24.7 Å². The molecule has 2 aromatic heterocycles. The van der Waals surface area contributed by atoms with Crippen LogP contribution in [0.15, 0.2) is 18.5 Å². The Bertz CT molecular complexity index is 552. The Labute approximate surface area is 125 Å². The summed E-state index contributed by atoms with van der Waals surface area (Å²) in [7, 11) is 2.00. The van der Waals surface area contributed by atoms with Crippen molar-refractivity contribution in [3.63, 3.8) is 0 Å². The van der Waals surface area contributed by atoms with Crippen LogP contribution in [-0.2, 0) is 0 Å². The number of hydrogen-bond acceptors (Lipinski definition) is 6. The van der Waals surface area contributed by atoms with E-state index in [1.807, 2.05) is 26.2 Å². The second-order valence-corrected chi connectivity index (χ2v) is 5.13. The first-order valence-electron chi connectivity index (χ1n) is 7.35. The molecule has 0 spiro atoms. The number of hydrogen-bond donors (Lipinski definition) is 1. The maximum atomic E-state index is 4.51. The van der Waals surface area contributed by atoms with Gasteiger partial charge in [0, 0.05) is 32.5 Å². The van der Waals surface area contributed by atoms with E-state index >= 15 is 0 Å².